The minimum absolute atomic E-state index is 0.0100. The molecule has 1 aliphatic heterocycles. The zero-order valence-electron chi connectivity index (χ0n) is 19.2. The highest BCUT2D eigenvalue weighted by atomic mass is 16.5. The van der Waals surface area contributed by atoms with Crippen molar-refractivity contribution in [3.8, 4) is 5.75 Å². The van der Waals surface area contributed by atoms with Crippen LogP contribution in [0.5, 0.6) is 5.75 Å². The topological polar surface area (TPSA) is 54.8 Å². The van der Waals surface area contributed by atoms with Gasteiger partial charge in [0.25, 0.3) is 5.56 Å². The first-order valence-corrected chi connectivity index (χ1v) is 11.5. The van der Waals surface area contributed by atoms with Gasteiger partial charge in [-0.05, 0) is 23.7 Å². The van der Waals surface area contributed by atoms with Crippen molar-refractivity contribution in [2.24, 2.45) is 0 Å². The van der Waals surface area contributed by atoms with Gasteiger partial charge >= 0.3 is 0 Å². The van der Waals surface area contributed by atoms with Crippen molar-refractivity contribution in [3.05, 3.63) is 100.0 Å². The molecule has 0 spiro atoms. The molecule has 2 aromatic carbocycles. The minimum Gasteiger partial charge on any atom is -0.489 e. The van der Waals surface area contributed by atoms with Crippen LogP contribution in [0, 0.1) is 0 Å². The SMILES string of the molecule is CCN1CCN(Cc2ccc(C(=O)Cn3ccc(OCc4ccccc4)cc3=O)cc2)CC1. The molecule has 1 aliphatic rings. The quantitative estimate of drug-likeness (QED) is 0.472. The molecule has 0 unspecified atom stereocenters. The van der Waals surface area contributed by atoms with Crippen LogP contribution in [0.1, 0.15) is 28.4 Å². The second-order valence-electron chi connectivity index (χ2n) is 8.43. The molecule has 1 aromatic heterocycles. The number of ether oxygens (including phenoxy) is 1. The number of benzene rings is 2. The normalized spacial score (nSPS) is 14.8. The second-order valence-corrected chi connectivity index (χ2v) is 8.43. The van der Waals surface area contributed by atoms with Gasteiger partial charge in [0.15, 0.2) is 5.78 Å². The van der Waals surface area contributed by atoms with Crippen molar-refractivity contribution in [1.82, 2.24) is 14.4 Å². The van der Waals surface area contributed by atoms with Gasteiger partial charge in [0.05, 0.1) is 6.54 Å². The van der Waals surface area contributed by atoms with Crippen LogP contribution in [0.3, 0.4) is 0 Å². The first kappa shape index (κ1) is 23.0. The average molecular weight is 446 g/mol. The molecule has 0 N–H and O–H groups in total. The zero-order chi connectivity index (χ0) is 23.0. The molecule has 0 atom stereocenters. The number of Topliss-reactive ketones (excluding diaryl/α,β-unsaturated/α-hetero) is 1. The molecule has 0 bridgehead atoms. The third-order valence-electron chi connectivity index (χ3n) is 6.12. The summed E-state index contributed by atoms with van der Waals surface area (Å²) in [5, 5.41) is 0. The number of pyridine rings is 1. The third-order valence-corrected chi connectivity index (χ3v) is 6.12. The molecule has 172 valence electrons. The predicted molar refractivity (Wildman–Crippen MR) is 130 cm³/mol. The van der Waals surface area contributed by atoms with Gasteiger partial charge in [-0.2, -0.15) is 0 Å². The van der Waals surface area contributed by atoms with Crippen LogP contribution in [-0.2, 0) is 19.7 Å². The monoisotopic (exact) mass is 445 g/mol. The molecule has 6 nitrogen and oxygen atoms in total. The number of hydrogen-bond donors (Lipinski definition) is 0. The summed E-state index contributed by atoms with van der Waals surface area (Å²) in [6.07, 6.45) is 1.62. The highest BCUT2D eigenvalue weighted by Crippen LogP contribution is 2.13. The maximum atomic E-state index is 12.7. The van der Waals surface area contributed by atoms with Gasteiger partial charge in [-0.1, -0.05) is 61.5 Å². The molecule has 0 amide bonds. The van der Waals surface area contributed by atoms with E-state index in [-0.39, 0.29) is 17.9 Å². The van der Waals surface area contributed by atoms with Crippen LogP contribution in [0.2, 0.25) is 0 Å². The molecule has 6 heteroatoms. The largest absolute Gasteiger partial charge is 0.489 e. The minimum atomic E-state index is -0.253. The number of aromatic nitrogens is 1. The van der Waals surface area contributed by atoms with Crippen LogP contribution >= 0.6 is 0 Å². The predicted octanol–water partition coefficient (Wildman–Crippen LogP) is 3.45. The fourth-order valence-electron chi connectivity index (χ4n) is 4.01. The van der Waals surface area contributed by atoms with Crippen LogP contribution < -0.4 is 10.3 Å². The molecule has 1 fully saturated rings. The van der Waals surface area contributed by atoms with E-state index in [1.54, 1.807) is 12.3 Å². The molecular formula is C27H31N3O3. The maximum Gasteiger partial charge on any atom is 0.254 e. The van der Waals surface area contributed by atoms with E-state index in [9.17, 15) is 9.59 Å². The van der Waals surface area contributed by atoms with Crippen LogP contribution in [-0.4, -0.2) is 52.9 Å². The second kappa shape index (κ2) is 11.1. The Kier molecular flexibility index (Phi) is 7.70. The van der Waals surface area contributed by atoms with E-state index in [2.05, 4.69) is 16.7 Å². The lowest BCUT2D eigenvalue weighted by Gasteiger charge is -2.34. The van der Waals surface area contributed by atoms with Crippen molar-refractivity contribution < 1.29 is 9.53 Å². The number of carbonyl (C=O) groups excluding carboxylic acids is 1. The Labute approximate surface area is 195 Å². The Balaban J connectivity index is 1.31. The van der Waals surface area contributed by atoms with Crippen molar-refractivity contribution in [2.45, 2.75) is 26.6 Å². The number of carbonyl (C=O) groups is 1. The summed E-state index contributed by atoms with van der Waals surface area (Å²) < 4.78 is 7.12. The van der Waals surface area contributed by atoms with Crippen molar-refractivity contribution in [2.75, 3.05) is 32.7 Å². The summed E-state index contributed by atoms with van der Waals surface area (Å²) >= 11 is 0. The first-order valence-electron chi connectivity index (χ1n) is 11.5. The molecule has 0 aliphatic carbocycles. The fourth-order valence-corrected chi connectivity index (χ4v) is 4.01. The van der Waals surface area contributed by atoms with E-state index in [4.69, 9.17) is 4.74 Å². The summed E-state index contributed by atoms with van der Waals surface area (Å²) in [4.78, 5) is 30.1. The Morgan fingerprint density at radius 1 is 0.879 bits per heavy atom. The van der Waals surface area contributed by atoms with Crippen molar-refractivity contribution in [1.29, 1.82) is 0 Å². The number of likely N-dealkylation sites (N-methyl/N-ethyl adjacent to an activating group) is 1. The molecule has 4 rings (SSSR count). The van der Waals surface area contributed by atoms with Gasteiger partial charge in [0.2, 0.25) is 0 Å². The Morgan fingerprint density at radius 2 is 1.58 bits per heavy atom. The molecule has 33 heavy (non-hydrogen) atoms. The Hall–Kier alpha value is -3.22. The average Bonchev–Trinajstić information content (AvgIpc) is 2.86. The number of piperazine rings is 1. The molecule has 0 radical (unpaired) electrons. The first-order chi connectivity index (χ1) is 16.1. The van der Waals surface area contributed by atoms with E-state index in [0.717, 1.165) is 44.8 Å². The molecular weight excluding hydrogens is 414 g/mol. The van der Waals surface area contributed by atoms with E-state index in [1.807, 2.05) is 54.6 Å². The highest BCUT2D eigenvalue weighted by molar-refractivity contribution is 5.95. The van der Waals surface area contributed by atoms with Crippen LogP contribution in [0.25, 0.3) is 0 Å². The summed E-state index contributed by atoms with van der Waals surface area (Å²) in [6, 6.07) is 20.7. The summed E-state index contributed by atoms with van der Waals surface area (Å²) in [6.45, 7) is 8.97. The zero-order valence-corrected chi connectivity index (χ0v) is 19.2. The van der Waals surface area contributed by atoms with Gasteiger partial charge < -0.3 is 14.2 Å². The van der Waals surface area contributed by atoms with Gasteiger partial charge in [-0.25, -0.2) is 0 Å². The van der Waals surface area contributed by atoms with E-state index in [1.165, 1.54) is 16.2 Å². The number of rotatable bonds is 9. The van der Waals surface area contributed by atoms with Gasteiger partial charge in [-0.3, -0.25) is 14.5 Å². The van der Waals surface area contributed by atoms with Crippen molar-refractivity contribution in [3.63, 3.8) is 0 Å². The lowest BCUT2D eigenvalue weighted by atomic mass is 10.1. The Morgan fingerprint density at radius 3 is 2.24 bits per heavy atom. The van der Waals surface area contributed by atoms with Gasteiger partial charge in [0, 0.05) is 50.6 Å². The fraction of sp³-hybridized carbons (Fsp3) is 0.333. The molecule has 1 saturated heterocycles. The van der Waals surface area contributed by atoms with E-state index < -0.39 is 0 Å². The van der Waals surface area contributed by atoms with Crippen LogP contribution in [0.4, 0.5) is 0 Å². The smallest absolute Gasteiger partial charge is 0.254 e. The van der Waals surface area contributed by atoms with Crippen molar-refractivity contribution >= 4 is 5.78 Å². The summed E-state index contributed by atoms with van der Waals surface area (Å²) in [7, 11) is 0. The summed E-state index contributed by atoms with van der Waals surface area (Å²) in [5.41, 5.74) is 2.60. The highest BCUT2D eigenvalue weighted by Gasteiger charge is 2.16. The number of hydrogen-bond acceptors (Lipinski definition) is 5. The van der Waals surface area contributed by atoms with Gasteiger partial charge in [0.1, 0.15) is 12.4 Å². The van der Waals surface area contributed by atoms with E-state index >= 15 is 0 Å². The van der Waals surface area contributed by atoms with Crippen LogP contribution in [0.15, 0.2) is 77.7 Å². The lowest BCUT2D eigenvalue weighted by Crippen LogP contribution is -2.45. The lowest BCUT2D eigenvalue weighted by molar-refractivity contribution is 0.0970. The van der Waals surface area contributed by atoms with Gasteiger partial charge in [-0.15, -0.1) is 0 Å². The standard InChI is InChI=1S/C27H31N3O3/c1-2-28-14-16-29(17-15-28)19-22-8-10-24(11-9-22)26(31)20-30-13-12-25(18-27(30)32)33-21-23-6-4-3-5-7-23/h3-13,18H,2,14-17,19-21H2,1H3. The molecule has 3 aromatic rings. The summed E-state index contributed by atoms with van der Waals surface area (Å²) in [5.74, 6) is 0.412. The maximum absolute atomic E-state index is 12.7. The molecule has 0 saturated carbocycles. The number of ketones is 1. The Bertz CT molecular complexity index is 1100. The third kappa shape index (κ3) is 6.40. The number of nitrogens with zero attached hydrogens (tertiary/aromatic N) is 3. The molecule has 2 heterocycles. The van der Waals surface area contributed by atoms with E-state index in [0.29, 0.717) is 17.9 Å².